The molecule has 8 heteroatoms. The topological polar surface area (TPSA) is 141 Å². The molecule has 0 saturated heterocycles. The summed E-state index contributed by atoms with van der Waals surface area (Å²) >= 11 is 0. The number of phenols is 2. The van der Waals surface area contributed by atoms with Gasteiger partial charge in [0.2, 0.25) is 0 Å². The van der Waals surface area contributed by atoms with Crippen molar-refractivity contribution in [3.8, 4) is 11.5 Å². The number of carbonyl (C=O) groups is 3. The molecule has 0 radical (unpaired) electrons. The Hall–Kier alpha value is -2.71. The molecule has 0 amide bonds. The maximum absolute atomic E-state index is 14.2. The number of ether oxygens (including phenoxy) is 1. The van der Waals surface area contributed by atoms with Crippen LogP contribution in [-0.4, -0.2) is 55.3 Å². The van der Waals surface area contributed by atoms with Crippen molar-refractivity contribution in [2.75, 3.05) is 0 Å². The first-order chi connectivity index (χ1) is 17.7. The average molecular weight is 543 g/mol. The Bertz CT molecular complexity index is 1280. The fourth-order valence-corrected chi connectivity index (χ4v) is 8.61. The van der Waals surface area contributed by atoms with Gasteiger partial charge in [0.05, 0.1) is 11.5 Å². The number of aliphatic hydroxyl groups is 2. The largest absolute Gasteiger partial charge is 0.504 e. The van der Waals surface area contributed by atoms with E-state index in [1.807, 2.05) is 20.8 Å². The first-order valence-electron chi connectivity index (χ1n) is 13.7. The summed E-state index contributed by atoms with van der Waals surface area (Å²) < 4.78 is 5.22. The van der Waals surface area contributed by atoms with Crippen molar-refractivity contribution in [3.05, 3.63) is 34.9 Å². The zero-order chi connectivity index (χ0) is 29.5. The first-order valence-corrected chi connectivity index (χ1v) is 13.7. The van der Waals surface area contributed by atoms with E-state index in [9.17, 15) is 34.8 Å². The van der Waals surface area contributed by atoms with Crippen molar-refractivity contribution in [1.82, 2.24) is 0 Å². The molecule has 0 unspecified atom stereocenters. The van der Waals surface area contributed by atoms with Crippen LogP contribution in [0.3, 0.4) is 0 Å². The molecular formula is C31H42O8. The minimum atomic E-state index is -1.99. The molecule has 8 nitrogen and oxygen atoms in total. The lowest BCUT2D eigenvalue weighted by Crippen LogP contribution is -2.63. The Morgan fingerprint density at radius 1 is 1.13 bits per heavy atom. The van der Waals surface area contributed by atoms with Crippen LogP contribution >= 0.6 is 0 Å². The SMILES string of the molecule is CC(=O)OC(C)(C)C=CC(=O)[C@](C)(O)[C@H]1[C@H](O)C[C@@]2(C)[C@@H]3CCc4c(cc(O)c(O)c4C)[C@]3(C)C(=O)C[C@]12C. The fourth-order valence-electron chi connectivity index (χ4n) is 8.61. The Morgan fingerprint density at radius 2 is 1.74 bits per heavy atom. The number of hydrogen-bond donors (Lipinski definition) is 4. The molecule has 2 saturated carbocycles. The molecule has 0 bridgehead atoms. The highest BCUT2D eigenvalue weighted by atomic mass is 16.6. The number of carbonyl (C=O) groups excluding carboxylic acids is 3. The van der Waals surface area contributed by atoms with Crippen LogP contribution in [0.25, 0.3) is 0 Å². The predicted molar refractivity (Wildman–Crippen MR) is 144 cm³/mol. The van der Waals surface area contributed by atoms with Gasteiger partial charge in [-0.1, -0.05) is 13.8 Å². The van der Waals surface area contributed by atoms with Crippen molar-refractivity contribution in [2.24, 2.45) is 22.7 Å². The van der Waals surface area contributed by atoms with E-state index < -0.39 is 51.2 Å². The molecule has 0 heterocycles. The van der Waals surface area contributed by atoms with Gasteiger partial charge in [0.25, 0.3) is 0 Å². The molecule has 214 valence electrons. The number of benzene rings is 1. The van der Waals surface area contributed by atoms with E-state index in [0.29, 0.717) is 30.4 Å². The number of hydrogen-bond acceptors (Lipinski definition) is 8. The maximum atomic E-state index is 14.2. The highest BCUT2D eigenvalue weighted by Crippen LogP contribution is 2.72. The Morgan fingerprint density at radius 3 is 2.33 bits per heavy atom. The average Bonchev–Trinajstić information content (AvgIpc) is 3.00. The molecule has 39 heavy (non-hydrogen) atoms. The van der Waals surface area contributed by atoms with Gasteiger partial charge in [0.1, 0.15) is 17.0 Å². The van der Waals surface area contributed by atoms with E-state index in [2.05, 4.69) is 0 Å². The van der Waals surface area contributed by atoms with Crippen molar-refractivity contribution in [3.63, 3.8) is 0 Å². The summed E-state index contributed by atoms with van der Waals surface area (Å²) in [5, 5.41) is 44.0. The number of Topliss-reactive ketones (excluding diaryl/α,β-unsaturated/α-hetero) is 1. The monoisotopic (exact) mass is 542 g/mol. The molecule has 4 N–H and O–H groups in total. The van der Waals surface area contributed by atoms with E-state index in [1.54, 1.807) is 20.8 Å². The van der Waals surface area contributed by atoms with Gasteiger partial charge in [0, 0.05) is 19.3 Å². The maximum Gasteiger partial charge on any atom is 0.303 e. The van der Waals surface area contributed by atoms with Crippen LogP contribution in [0.2, 0.25) is 0 Å². The highest BCUT2D eigenvalue weighted by Gasteiger charge is 2.73. The normalized spacial score (nSPS) is 35.6. The summed E-state index contributed by atoms with van der Waals surface area (Å²) in [7, 11) is 0. The Balaban J connectivity index is 1.76. The summed E-state index contributed by atoms with van der Waals surface area (Å²) in [5.74, 6) is -2.80. The third-order valence-corrected chi connectivity index (χ3v) is 10.6. The number of fused-ring (bicyclic) bond motifs is 5. The summed E-state index contributed by atoms with van der Waals surface area (Å²) in [6.07, 6.45) is 3.12. The molecule has 3 aliphatic carbocycles. The molecule has 4 rings (SSSR count). The first kappa shape index (κ1) is 29.3. The van der Waals surface area contributed by atoms with Crippen LogP contribution in [0.1, 0.15) is 84.4 Å². The number of phenolic OH excluding ortho intramolecular Hbond substituents is 2. The van der Waals surface area contributed by atoms with E-state index in [4.69, 9.17) is 4.74 Å². The molecule has 0 aliphatic heterocycles. The molecular weight excluding hydrogens is 500 g/mol. The van der Waals surface area contributed by atoms with E-state index in [0.717, 1.165) is 5.56 Å². The molecule has 0 spiro atoms. The quantitative estimate of drug-likeness (QED) is 0.250. The van der Waals surface area contributed by atoms with Crippen LogP contribution in [0, 0.1) is 29.6 Å². The van der Waals surface area contributed by atoms with Crippen molar-refractivity contribution >= 4 is 17.5 Å². The second kappa shape index (κ2) is 8.90. The standard InChI is InChI=1S/C31H42O8/c1-16-18-9-10-22-28(5)14-21(34)26(31(8,38)23(35)11-12-27(3,4)39-17(2)32)29(28,6)15-24(36)30(22,7)19(18)13-20(33)25(16)37/h11-13,21-22,26,33-34,37-38H,9-10,14-15H2,1-8H3/t21-,22+,26+,28+,29-,30+,31+/m1/s1. The minimum Gasteiger partial charge on any atom is -0.504 e. The van der Waals surface area contributed by atoms with Gasteiger partial charge in [-0.3, -0.25) is 14.4 Å². The summed E-state index contributed by atoms with van der Waals surface area (Å²) in [6.45, 7) is 13.5. The third kappa shape index (κ3) is 4.05. The van der Waals surface area contributed by atoms with E-state index >= 15 is 0 Å². The predicted octanol–water partition coefficient (Wildman–Crippen LogP) is 3.81. The molecule has 1 aromatic rings. The van der Waals surface area contributed by atoms with E-state index in [1.165, 1.54) is 32.1 Å². The van der Waals surface area contributed by atoms with Gasteiger partial charge < -0.3 is 25.2 Å². The molecule has 0 aromatic heterocycles. The van der Waals surface area contributed by atoms with Crippen molar-refractivity contribution < 1.29 is 39.5 Å². The number of aliphatic hydroxyl groups excluding tert-OH is 1. The summed E-state index contributed by atoms with van der Waals surface area (Å²) in [4.78, 5) is 39.0. The van der Waals surface area contributed by atoms with E-state index in [-0.39, 0.29) is 29.6 Å². The Labute approximate surface area is 230 Å². The van der Waals surface area contributed by atoms with Gasteiger partial charge >= 0.3 is 5.97 Å². The van der Waals surface area contributed by atoms with Crippen LogP contribution in [-0.2, 0) is 31.0 Å². The molecule has 2 fully saturated rings. The van der Waals surface area contributed by atoms with Gasteiger partial charge in [-0.2, -0.15) is 0 Å². The minimum absolute atomic E-state index is 0.0322. The Kier molecular flexibility index (Phi) is 6.68. The third-order valence-electron chi connectivity index (χ3n) is 10.6. The molecule has 1 aromatic carbocycles. The molecule has 7 atom stereocenters. The zero-order valence-corrected chi connectivity index (χ0v) is 24.2. The number of rotatable bonds is 5. The zero-order valence-electron chi connectivity index (χ0n) is 24.2. The van der Waals surface area contributed by atoms with Crippen LogP contribution < -0.4 is 0 Å². The smallest absolute Gasteiger partial charge is 0.303 e. The lowest BCUT2D eigenvalue weighted by Gasteiger charge is -2.61. The van der Waals surface area contributed by atoms with Gasteiger partial charge in [0.15, 0.2) is 17.3 Å². The lowest BCUT2D eigenvalue weighted by molar-refractivity contribution is -0.168. The van der Waals surface area contributed by atoms with Crippen LogP contribution in [0.4, 0.5) is 0 Å². The van der Waals surface area contributed by atoms with Crippen LogP contribution in [0.5, 0.6) is 11.5 Å². The second-order valence-electron chi connectivity index (χ2n) is 13.4. The number of aromatic hydroxyl groups is 2. The van der Waals surface area contributed by atoms with Gasteiger partial charge in [-0.25, -0.2) is 0 Å². The summed E-state index contributed by atoms with van der Waals surface area (Å²) in [6, 6.07) is 1.51. The van der Waals surface area contributed by atoms with Gasteiger partial charge in [-0.15, -0.1) is 0 Å². The number of ketones is 2. The summed E-state index contributed by atoms with van der Waals surface area (Å²) in [5.41, 5.74) is -3.41. The highest BCUT2D eigenvalue weighted by molar-refractivity contribution is 5.98. The molecule has 3 aliphatic rings. The van der Waals surface area contributed by atoms with Crippen molar-refractivity contribution in [2.45, 2.75) is 104 Å². The second-order valence-corrected chi connectivity index (χ2v) is 13.4. The fraction of sp³-hybridized carbons (Fsp3) is 0.645. The van der Waals surface area contributed by atoms with Crippen LogP contribution in [0.15, 0.2) is 18.2 Å². The van der Waals surface area contributed by atoms with Gasteiger partial charge in [-0.05, 0) is 106 Å². The number of esters is 1. The lowest BCUT2D eigenvalue weighted by atomic mass is 9.41. The van der Waals surface area contributed by atoms with Crippen molar-refractivity contribution in [1.29, 1.82) is 0 Å².